The predicted octanol–water partition coefficient (Wildman–Crippen LogP) is 4.53. The minimum Gasteiger partial charge on any atom is -0.496 e. The zero-order valence-electron chi connectivity index (χ0n) is 13.9. The van der Waals surface area contributed by atoms with Gasteiger partial charge in [0.15, 0.2) is 5.78 Å². The molecule has 0 heterocycles. The van der Waals surface area contributed by atoms with Gasteiger partial charge in [0.25, 0.3) is 0 Å². The van der Waals surface area contributed by atoms with Crippen molar-refractivity contribution in [3.05, 3.63) is 70.8 Å². The maximum Gasteiger partial charge on any atom is 0.185 e. The normalized spacial score (nSPS) is 17.5. The molecule has 0 bridgehead atoms. The number of para-hydroxylation sites is 2. The van der Waals surface area contributed by atoms with E-state index in [0.29, 0.717) is 0 Å². The summed E-state index contributed by atoms with van der Waals surface area (Å²) in [4.78, 5) is 12.7. The molecule has 24 heavy (non-hydrogen) atoms. The van der Waals surface area contributed by atoms with Gasteiger partial charge in [0.05, 0.1) is 14.2 Å². The fraction of sp³-hybridized carbons (Fsp3) is 0.190. The molecule has 0 atom stereocenters. The van der Waals surface area contributed by atoms with E-state index < -0.39 is 0 Å². The van der Waals surface area contributed by atoms with Crippen molar-refractivity contribution in [3.63, 3.8) is 0 Å². The lowest BCUT2D eigenvalue weighted by molar-refractivity contribution is -0.111. The topological polar surface area (TPSA) is 35.5 Å². The largest absolute Gasteiger partial charge is 0.496 e. The van der Waals surface area contributed by atoms with E-state index in [9.17, 15) is 4.79 Å². The Bertz CT molecular complexity index is 748. The highest BCUT2D eigenvalue weighted by atomic mass is 16.5. The van der Waals surface area contributed by atoms with Gasteiger partial charge < -0.3 is 9.47 Å². The van der Waals surface area contributed by atoms with Crippen molar-refractivity contribution in [2.75, 3.05) is 14.2 Å². The van der Waals surface area contributed by atoms with Gasteiger partial charge in [-0.2, -0.15) is 0 Å². The molecule has 1 saturated carbocycles. The molecule has 1 aliphatic carbocycles. The van der Waals surface area contributed by atoms with Crippen molar-refractivity contribution in [1.29, 1.82) is 0 Å². The summed E-state index contributed by atoms with van der Waals surface area (Å²) in [5, 5.41) is 0. The van der Waals surface area contributed by atoms with Gasteiger partial charge in [-0.3, -0.25) is 4.79 Å². The SMILES string of the molecule is COc1ccccc1/C=C1\CC/C(=C\c2ccccc2OC)C1=O. The molecule has 1 fully saturated rings. The highest BCUT2D eigenvalue weighted by Gasteiger charge is 2.23. The molecule has 0 spiro atoms. The van der Waals surface area contributed by atoms with Crippen LogP contribution in [0.4, 0.5) is 0 Å². The molecule has 3 heteroatoms. The van der Waals surface area contributed by atoms with E-state index in [0.717, 1.165) is 46.6 Å². The van der Waals surface area contributed by atoms with Crippen molar-refractivity contribution in [2.45, 2.75) is 12.8 Å². The maximum absolute atomic E-state index is 12.7. The number of Topliss-reactive ketones (excluding diaryl/α,β-unsaturated/α-hetero) is 1. The summed E-state index contributed by atoms with van der Waals surface area (Å²) in [5.41, 5.74) is 3.50. The zero-order chi connectivity index (χ0) is 16.9. The number of hydrogen-bond donors (Lipinski definition) is 0. The van der Waals surface area contributed by atoms with Gasteiger partial charge >= 0.3 is 0 Å². The molecule has 0 amide bonds. The van der Waals surface area contributed by atoms with Crippen LogP contribution in [0.25, 0.3) is 12.2 Å². The average Bonchev–Trinajstić information content (AvgIpc) is 2.96. The summed E-state index contributed by atoms with van der Waals surface area (Å²) in [6, 6.07) is 15.4. The van der Waals surface area contributed by atoms with E-state index in [1.54, 1.807) is 14.2 Å². The number of carbonyl (C=O) groups is 1. The molecule has 0 aromatic heterocycles. The van der Waals surface area contributed by atoms with Gasteiger partial charge in [-0.25, -0.2) is 0 Å². The number of benzene rings is 2. The Hall–Kier alpha value is -2.81. The highest BCUT2D eigenvalue weighted by molar-refractivity contribution is 6.15. The van der Waals surface area contributed by atoms with Crippen molar-refractivity contribution in [1.82, 2.24) is 0 Å². The smallest absolute Gasteiger partial charge is 0.185 e. The number of ketones is 1. The number of carbonyl (C=O) groups excluding carboxylic acids is 1. The van der Waals surface area contributed by atoms with E-state index in [1.165, 1.54) is 0 Å². The van der Waals surface area contributed by atoms with Gasteiger partial charge in [-0.05, 0) is 37.1 Å². The Kier molecular flexibility index (Phi) is 4.80. The zero-order valence-corrected chi connectivity index (χ0v) is 13.9. The van der Waals surface area contributed by atoms with Crippen LogP contribution in [-0.2, 0) is 4.79 Å². The number of ether oxygens (including phenoxy) is 2. The third-order valence-electron chi connectivity index (χ3n) is 4.18. The van der Waals surface area contributed by atoms with Crippen LogP contribution in [0.5, 0.6) is 11.5 Å². The summed E-state index contributed by atoms with van der Waals surface area (Å²) in [7, 11) is 3.28. The first kappa shape index (κ1) is 16.1. The summed E-state index contributed by atoms with van der Waals surface area (Å²) < 4.78 is 10.7. The lowest BCUT2D eigenvalue weighted by Gasteiger charge is -2.05. The van der Waals surface area contributed by atoms with Crippen molar-refractivity contribution < 1.29 is 14.3 Å². The van der Waals surface area contributed by atoms with Crippen molar-refractivity contribution in [3.8, 4) is 11.5 Å². The first-order valence-corrected chi connectivity index (χ1v) is 7.95. The lowest BCUT2D eigenvalue weighted by Crippen LogP contribution is -1.97. The summed E-state index contributed by atoms with van der Waals surface area (Å²) >= 11 is 0. The van der Waals surface area contributed by atoms with E-state index in [2.05, 4.69) is 0 Å². The Morgan fingerprint density at radius 3 is 1.58 bits per heavy atom. The molecule has 0 aliphatic heterocycles. The molecular formula is C21H20O3. The number of rotatable bonds is 4. The lowest BCUT2D eigenvalue weighted by atomic mass is 10.1. The average molecular weight is 320 g/mol. The molecule has 0 radical (unpaired) electrons. The third-order valence-corrected chi connectivity index (χ3v) is 4.18. The molecule has 0 saturated heterocycles. The molecule has 3 rings (SSSR count). The minimum atomic E-state index is 0.104. The van der Waals surface area contributed by atoms with Gasteiger partial charge in [-0.1, -0.05) is 36.4 Å². The fourth-order valence-electron chi connectivity index (χ4n) is 2.92. The molecular weight excluding hydrogens is 300 g/mol. The quantitative estimate of drug-likeness (QED) is 0.776. The summed E-state index contributed by atoms with van der Waals surface area (Å²) in [5.74, 6) is 1.66. The van der Waals surface area contributed by atoms with Crippen LogP contribution in [0.1, 0.15) is 24.0 Å². The second-order valence-corrected chi connectivity index (χ2v) is 5.65. The van der Waals surface area contributed by atoms with Crippen LogP contribution in [0.2, 0.25) is 0 Å². The van der Waals surface area contributed by atoms with E-state index >= 15 is 0 Å². The molecule has 1 aliphatic rings. The van der Waals surface area contributed by atoms with Crippen molar-refractivity contribution >= 4 is 17.9 Å². The molecule has 2 aromatic rings. The van der Waals surface area contributed by atoms with Crippen LogP contribution >= 0.6 is 0 Å². The minimum absolute atomic E-state index is 0.104. The Labute approximate surface area is 142 Å². The predicted molar refractivity (Wildman–Crippen MR) is 96.2 cm³/mol. The Morgan fingerprint density at radius 2 is 1.17 bits per heavy atom. The molecule has 122 valence electrons. The third kappa shape index (κ3) is 3.25. The van der Waals surface area contributed by atoms with Crippen LogP contribution < -0.4 is 9.47 Å². The second kappa shape index (κ2) is 7.18. The van der Waals surface area contributed by atoms with Crippen LogP contribution in [-0.4, -0.2) is 20.0 Å². The van der Waals surface area contributed by atoms with Crippen LogP contribution in [0.15, 0.2) is 59.7 Å². The molecule has 0 N–H and O–H groups in total. The highest BCUT2D eigenvalue weighted by Crippen LogP contribution is 2.32. The number of allylic oxidation sites excluding steroid dienone is 2. The standard InChI is InChI=1S/C21H20O3/c1-23-19-9-5-3-7-15(19)13-17-11-12-18(21(17)22)14-16-8-4-6-10-20(16)24-2/h3-10,13-14H,11-12H2,1-2H3/b17-13+,18-14+. The van der Waals surface area contributed by atoms with Crippen LogP contribution in [0.3, 0.4) is 0 Å². The first-order chi connectivity index (χ1) is 11.7. The van der Waals surface area contributed by atoms with Gasteiger partial charge in [0.2, 0.25) is 0 Å². The maximum atomic E-state index is 12.7. The first-order valence-electron chi connectivity index (χ1n) is 7.95. The molecule has 3 nitrogen and oxygen atoms in total. The molecule has 2 aromatic carbocycles. The van der Waals surface area contributed by atoms with Crippen molar-refractivity contribution in [2.24, 2.45) is 0 Å². The Balaban J connectivity index is 1.90. The number of methoxy groups -OCH3 is 2. The van der Waals surface area contributed by atoms with Gasteiger partial charge in [0.1, 0.15) is 11.5 Å². The van der Waals surface area contributed by atoms with E-state index in [4.69, 9.17) is 9.47 Å². The van der Waals surface area contributed by atoms with Gasteiger partial charge in [-0.15, -0.1) is 0 Å². The van der Waals surface area contributed by atoms with E-state index in [-0.39, 0.29) is 5.78 Å². The van der Waals surface area contributed by atoms with Gasteiger partial charge in [0, 0.05) is 22.3 Å². The molecule has 0 unspecified atom stereocenters. The summed E-state index contributed by atoms with van der Waals surface area (Å²) in [6.45, 7) is 0. The van der Waals surface area contributed by atoms with Crippen LogP contribution in [0, 0.1) is 0 Å². The van der Waals surface area contributed by atoms with E-state index in [1.807, 2.05) is 60.7 Å². The number of hydrogen-bond acceptors (Lipinski definition) is 3. The Morgan fingerprint density at radius 1 is 0.750 bits per heavy atom. The monoisotopic (exact) mass is 320 g/mol. The summed E-state index contributed by atoms with van der Waals surface area (Å²) in [6.07, 6.45) is 5.37. The second-order valence-electron chi connectivity index (χ2n) is 5.65. The fourth-order valence-corrected chi connectivity index (χ4v) is 2.92.